The molecule has 6 heteroatoms. The lowest BCUT2D eigenvalue weighted by molar-refractivity contribution is 0.107. The Morgan fingerprint density at radius 1 is 0.622 bits per heavy atom. The lowest BCUT2D eigenvalue weighted by Gasteiger charge is -2.33. The zero-order valence-corrected chi connectivity index (χ0v) is 23.8. The minimum atomic E-state index is 0.200. The zero-order valence-electron chi connectivity index (χ0n) is 23.8. The van der Waals surface area contributed by atoms with E-state index < -0.39 is 0 Å². The lowest BCUT2D eigenvalue weighted by Crippen LogP contribution is -2.36. The van der Waals surface area contributed by atoms with Crippen molar-refractivity contribution in [1.29, 1.82) is 0 Å². The molecule has 1 heterocycles. The smallest absolute Gasteiger partial charge is 0.336 e. The highest BCUT2D eigenvalue weighted by Gasteiger charge is 2.23. The first kappa shape index (κ1) is 26.9. The minimum Gasteiger partial charge on any atom is -0.459 e. The maximum atomic E-state index is 6.03. The first-order chi connectivity index (χ1) is 17.7. The summed E-state index contributed by atoms with van der Waals surface area (Å²) < 4.78 is 6.03. The fourth-order valence-corrected chi connectivity index (χ4v) is 5.36. The maximum Gasteiger partial charge on any atom is 0.336 e. The number of benzene rings is 2. The van der Waals surface area contributed by atoms with Gasteiger partial charge in [0.05, 0.1) is 0 Å². The molecule has 0 spiro atoms. The number of hydrogen-bond donors (Lipinski definition) is 0. The molecular formula is C31H43N5O. The van der Waals surface area contributed by atoms with E-state index >= 15 is 0 Å². The Hall–Kier alpha value is -3.15. The summed E-state index contributed by atoms with van der Waals surface area (Å²) in [5, 5.41) is 9.00. The van der Waals surface area contributed by atoms with E-state index in [0.29, 0.717) is 30.2 Å². The molecule has 4 rings (SSSR count). The van der Waals surface area contributed by atoms with E-state index in [4.69, 9.17) is 9.72 Å². The van der Waals surface area contributed by atoms with Crippen LogP contribution in [0.1, 0.15) is 74.7 Å². The molecule has 0 N–H and O–H groups in total. The van der Waals surface area contributed by atoms with E-state index in [2.05, 4.69) is 124 Å². The SMILES string of the molecule is CC(C)N(c1ccc(-c2nnc(OC3CCC3)nc2-c2ccc(N(C(C)C)C(C)C)cc2)cc1)C(C)C. The molecule has 0 bridgehead atoms. The summed E-state index contributed by atoms with van der Waals surface area (Å²) in [5.41, 5.74) is 5.98. The Bertz CT molecular complexity index is 1140. The van der Waals surface area contributed by atoms with E-state index in [1.807, 2.05) is 0 Å². The molecule has 0 unspecified atom stereocenters. The van der Waals surface area contributed by atoms with Gasteiger partial charge >= 0.3 is 6.01 Å². The predicted molar refractivity (Wildman–Crippen MR) is 154 cm³/mol. The van der Waals surface area contributed by atoms with Gasteiger partial charge in [0.1, 0.15) is 17.5 Å². The molecule has 0 aliphatic heterocycles. The summed E-state index contributed by atoms with van der Waals surface area (Å²) in [7, 11) is 0. The highest BCUT2D eigenvalue weighted by molar-refractivity contribution is 5.79. The van der Waals surface area contributed by atoms with Gasteiger partial charge < -0.3 is 14.5 Å². The van der Waals surface area contributed by atoms with Crippen LogP contribution in [0.3, 0.4) is 0 Å². The first-order valence-corrected chi connectivity index (χ1v) is 13.8. The normalized spacial score (nSPS) is 13.9. The molecule has 1 aromatic heterocycles. The van der Waals surface area contributed by atoms with Gasteiger partial charge in [-0.2, -0.15) is 4.98 Å². The standard InChI is InChI=1S/C31H43N5O/c1-20(2)35(21(3)4)26-16-12-24(13-17-26)29-30(33-34-31(32-29)37-28-10-9-11-28)25-14-18-27(19-15-25)36(22(5)6)23(7)8/h12-23,28H,9-11H2,1-8H3. The van der Waals surface area contributed by atoms with Crippen molar-refractivity contribution in [3.05, 3.63) is 48.5 Å². The van der Waals surface area contributed by atoms with Crippen LogP contribution < -0.4 is 14.5 Å². The van der Waals surface area contributed by atoms with Crippen molar-refractivity contribution < 1.29 is 4.74 Å². The van der Waals surface area contributed by atoms with Crippen molar-refractivity contribution in [3.63, 3.8) is 0 Å². The second-order valence-corrected chi connectivity index (χ2v) is 11.2. The number of hydrogen-bond acceptors (Lipinski definition) is 6. The molecule has 198 valence electrons. The van der Waals surface area contributed by atoms with Gasteiger partial charge in [-0.25, -0.2) is 0 Å². The summed E-state index contributed by atoms with van der Waals surface area (Å²) in [6.45, 7) is 17.8. The highest BCUT2D eigenvalue weighted by atomic mass is 16.5. The van der Waals surface area contributed by atoms with Crippen LogP contribution in [0.15, 0.2) is 48.5 Å². The van der Waals surface area contributed by atoms with E-state index in [-0.39, 0.29) is 6.10 Å². The molecule has 3 aromatic rings. The average molecular weight is 502 g/mol. The van der Waals surface area contributed by atoms with Crippen LogP contribution >= 0.6 is 0 Å². The van der Waals surface area contributed by atoms with Crippen LogP contribution in [0.5, 0.6) is 6.01 Å². The van der Waals surface area contributed by atoms with Gasteiger partial charge in [0.2, 0.25) is 0 Å². The third-order valence-electron chi connectivity index (χ3n) is 7.09. The molecule has 1 aliphatic rings. The Morgan fingerprint density at radius 3 is 1.43 bits per heavy atom. The molecule has 2 aromatic carbocycles. The molecule has 0 atom stereocenters. The number of anilines is 2. The number of nitrogens with zero attached hydrogens (tertiary/aromatic N) is 5. The van der Waals surface area contributed by atoms with Crippen molar-refractivity contribution >= 4 is 11.4 Å². The van der Waals surface area contributed by atoms with Crippen molar-refractivity contribution in [1.82, 2.24) is 15.2 Å². The summed E-state index contributed by atoms with van der Waals surface area (Å²) in [6, 6.07) is 19.3. The zero-order chi connectivity index (χ0) is 26.7. The Balaban J connectivity index is 1.72. The number of rotatable bonds is 10. The molecule has 0 saturated heterocycles. The van der Waals surface area contributed by atoms with Crippen molar-refractivity contribution in [2.24, 2.45) is 0 Å². The van der Waals surface area contributed by atoms with Crippen LogP contribution in [0.4, 0.5) is 11.4 Å². The van der Waals surface area contributed by atoms with E-state index in [0.717, 1.165) is 35.4 Å². The topological polar surface area (TPSA) is 54.4 Å². The fourth-order valence-electron chi connectivity index (χ4n) is 5.36. The molecule has 37 heavy (non-hydrogen) atoms. The van der Waals surface area contributed by atoms with Gasteiger partial charge in [0.25, 0.3) is 0 Å². The van der Waals surface area contributed by atoms with Gasteiger partial charge in [-0.05, 0) is 98.9 Å². The lowest BCUT2D eigenvalue weighted by atomic mass is 9.96. The van der Waals surface area contributed by atoms with Crippen LogP contribution in [-0.4, -0.2) is 45.5 Å². The van der Waals surface area contributed by atoms with Crippen molar-refractivity contribution in [2.45, 2.75) is 105 Å². The second kappa shape index (κ2) is 11.5. The quantitative estimate of drug-likeness (QED) is 0.289. The number of ether oxygens (including phenoxy) is 1. The largest absolute Gasteiger partial charge is 0.459 e. The third-order valence-corrected chi connectivity index (χ3v) is 7.09. The summed E-state index contributed by atoms with van der Waals surface area (Å²) in [6.07, 6.45) is 3.51. The van der Waals surface area contributed by atoms with E-state index in [1.165, 1.54) is 17.8 Å². The molecule has 1 fully saturated rings. The average Bonchev–Trinajstić information content (AvgIpc) is 2.81. The van der Waals surface area contributed by atoms with Crippen LogP contribution in [0, 0.1) is 0 Å². The van der Waals surface area contributed by atoms with Crippen molar-refractivity contribution in [3.8, 4) is 28.5 Å². The van der Waals surface area contributed by atoms with Crippen molar-refractivity contribution in [2.75, 3.05) is 9.80 Å². The Morgan fingerprint density at radius 2 is 1.05 bits per heavy atom. The molecule has 0 radical (unpaired) electrons. The molecule has 1 saturated carbocycles. The van der Waals surface area contributed by atoms with Gasteiger partial charge in [-0.3, -0.25) is 0 Å². The maximum absolute atomic E-state index is 6.03. The molecular weight excluding hydrogens is 458 g/mol. The molecule has 6 nitrogen and oxygen atoms in total. The van der Waals surface area contributed by atoms with Gasteiger partial charge in [0.15, 0.2) is 0 Å². The third kappa shape index (κ3) is 6.06. The van der Waals surface area contributed by atoms with Gasteiger partial charge in [-0.1, -0.05) is 29.4 Å². The Labute approximate surface area is 223 Å². The van der Waals surface area contributed by atoms with Crippen LogP contribution in [0.2, 0.25) is 0 Å². The van der Waals surface area contributed by atoms with E-state index in [1.54, 1.807) is 0 Å². The number of aromatic nitrogens is 3. The van der Waals surface area contributed by atoms with Gasteiger partial charge in [-0.15, -0.1) is 5.10 Å². The summed E-state index contributed by atoms with van der Waals surface area (Å²) in [4.78, 5) is 9.71. The molecule has 0 amide bonds. The first-order valence-electron chi connectivity index (χ1n) is 13.8. The highest BCUT2D eigenvalue weighted by Crippen LogP contribution is 2.34. The fraction of sp³-hybridized carbons (Fsp3) is 0.516. The van der Waals surface area contributed by atoms with Crippen LogP contribution in [0.25, 0.3) is 22.5 Å². The molecule has 1 aliphatic carbocycles. The monoisotopic (exact) mass is 501 g/mol. The van der Waals surface area contributed by atoms with Gasteiger partial charge in [0, 0.05) is 46.7 Å². The Kier molecular flexibility index (Phi) is 8.35. The predicted octanol–water partition coefficient (Wildman–Crippen LogP) is 7.38. The summed E-state index contributed by atoms with van der Waals surface area (Å²) in [5.74, 6) is 0. The van der Waals surface area contributed by atoms with Crippen LogP contribution in [-0.2, 0) is 0 Å². The minimum absolute atomic E-state index is 0.200. The van der Waals surface area contributed by atoms with E-state index in [9.17, 15) is 0 Å². The summed E-state index contributed by atoms with van der Waals surface area (Å²) >= 11 is 0. The second-order valence-electron chi connectivity index (χ2n) is 11.2.